The Morgan fingerprint density at radius 2 is 2.09 bits per heavy atom. The van der Waals surface area contributed by atoms with Gasteiger partial charge in [-0.2, -0.15) is 0 Å². The highest BCUT2D eigenvalue weighted by Gasteiger charge is 2.41. The summed E-state index contributed by atoms with van der Waals surface area (Å²) in [7, 11) is -4.70. The highest BCUT2D eigenvalue weighted by molar-refractivity contribution is 7.54. The lowest BCUT2D eigenvalue weighted by Crippen LogP contribution is -2.26. The van der Waals surface area contributed by atoms with Gasteiger partial charge in [-0.25, -0.2) is 4.79 Å². The van der Waals surface area contributed by atoms with Crippen molar-refractivity contribution in [1.29, 1.82) is 0 Å². The maximum absolute atomic E-state index is 13.2. The van der Waals surface area contributed by atoms with E-state index in [2.05, 4.69) is 10.3 Å². The van der Waals surface area contributed by atoms with Gasteiger partial charge in [-0.05, 0) is 66.6 Å². The van der Waals surface area contributed by atoms with Crippen LogP contribution in [0.15, 0.2) is 54.2 Å². The van der Waals surface area contributed by atoms with Crippen LogP contribution in [0, 0.1) is 0 Å². The van der Waals surface area contributed by atoms with Gasteiger partial charge in [0.15, 0.2) is 5.66 Å². The number of ether oxygens (including phenoxy) is 2. The van der Waals surface area contributed by atoms with E-state index in [1.807, 2.05) is 0 Å². The zero-order valence-corrected chi connectivity index (χ0v) is 20.7. The predicted octanol–water partition coefficient (Wildman–Crippen LogP) is 5.50. The molecule has 0 radical (unpaired) electrons. The maximum Gasteiger partial charge on any atom is 0.510 e. The predicted molar refractivity (Wildman–Crippen MR) is 129 cm³/mol. The van der Waals surface area contributed by atoms with Crippen molar-refractivity contribution in [2.45, 2.75) is 25.6 Å². The number of halogens is 1. The van der Waals surface area contributed by atoms with Crippen molar-refractivity contribution in [3.8, 4) is 0 Å². The highest BCUT2D eigenvalue weighted by Crippen LogP contribution is 2.58. The van der Waals surface area contributed by atoms with Gasteiger partial charge in [-0.15, -0.1) is 11.3 Å². The average Bonchev–Trinajstić information content (AvgIpc) is 3.16. The number of hydrogen-bond donors (Lipinski definition) is 2. The number of benzene rings is 1. The van der Waals surface area contributed by atoms with Gasteiger partial charge < -0.3 is 19.7 Å². The number of amides is 1. The van der Waals surface area contributed by atoms with Crippen molar-refractivity contribution in [1.82, 2.24) is 10.3 Å². The smallest absolute Gasteiger partial charge is 0.432 e. The summed E-state index contributed by atoms with van der Waals surface area (Å²) in [6, 6.07) is 10.3. The molecule has 2 N–H and O–H groups in total. The highest BCUT2D eigenvalue weighted by atomic mass is 35.5. The Kier molecular flexibility index (Phi) is 8.82. The quantitative estimate of drug-likeness (QED) is 0.214. The number of nitrogens with zero attached hydrogens (tertiary/aromatic N) is 1. The van der Waals surface area contributed by atoms with E-state index in [4.69, 9.17) is 25.6 Å². The van der Waals surface area contributed by atoms with Crippen molar-refractivity contribution >= 4 is 58.8 Å². The maximum atomic E-state index is 13.2. The van der Waals surface area contributed by atoms with E-state index in [9.17, 15) is 19.0 Å². The Bertz CT molecular complexity index is 1230. The fourth-order valence-electron chi connectivity index (χ4n) is 2.91. The number of carbonyl (C=O) groups is 2. The molecule has 1 amide bonds. The molecule has 2 heterocycles. The van der Waals surface area contributed by atoms with Gasteiger partial charge in [0.1, 0.15) is 0 Å². The number of rotatable bonds is 9. The first-order valence-electron chi connectivity index (χ1n) is 10.0. The third-order valence-corrected chi connectivity index (χ3v) is 7.21. The SMILES string of the molecule is CC(C)OC(=O)OCOP(=O)(O)C(C(=O)N/C=C/c1ccccn1)c1csc2ccc(Cl)cc12. The molecule has 0 bridgehead atoms. The van der Waals surface area contributed by atoms with Crippen LogP contribution in [0.5, 0.6) is 0 Å². The van der Waals surface area contributed by atoms with Crippen LogP contribution < -0.4 is 5.32 Å². The van der Waals surface area contributed by atoms with Crippen LogP contribution in [0.3, 0.4) is 0 Å². The summed E-state index contributed by atoms with van der Waals surface area (Å²) in [6.07, 6.45) is 2.93. The Labute approximate surface area is 204 Å². The lowest BCUT2D eigenvalue weighted by Gasteiger charge is -2.21. The second-order valence-corrected chi connectivity index (χ2v) is 10.5. The van der Waals surface area contributed by atoms with Crippen molar-refractivity contribution in [3.63, 3.8) is 0 Å². The Hall–Kier alpha value is -2.75. The van der Waals surface area contributed by atoms with Crippen molar-refractivity contribution < 1.29 is 33.0 Å². The molecule has 2 unspecified atom stereocenters. The summed E-state index contributed by atoms with van der Waals surface area (Å²) in [5, 5.41) is 5.02. The molecule has 9 nitrogen and oxygen atoms in total. The molecule has 1 aromatic carbocycles. The molecule has 2 atom stereocenters. The van der Waals surface area contributed by atoms with E-state index in [0.29, 0.717) is 16.1 Å². The summed E-state index contributed by atoms with van der Waals surface area (Å²) in [5.74, 6) is -0.803. The monoisotopic (exact) mass is 524 g/mol. The van der Waals surface area contributed by atoms with Crippen LogP contribution in [0.1, 0.15) is 30.8 Å². The Morgan fingerprint density at radius 3 is 2.79 bits per heavy atom. The summed E-state index contributed by atoms with van der Waals surface area (Å²) >= 11 is 7.39. The molecule has 3 aromatic rings. The fourth-order valence-corrected chi connectivity index (χ4v) is 5.44. The largest absolute Gasteiger partial charge is 0.510 e. The van der Waals surface area contributed by atoms with E-state index in [-0.39, 0.29) is 5.56 Å². The van der Waals surface area contributed by atoms with Gasteiger partial charge in [0.25, 0.3) is 0 Å². The van der Waals surface area contributed by atoms with Gasteiger partial charge in [0.05, 0.1) is 11.8 Å². The number of hydrogen-bond acceptors (Lipinski definition) is 8. The van der Waals surface area contributed by atoms with Crippen molar-refractivity contribution in [3.05, 3.63) is 70.5 Å². The summed E-state index contributed by atoms with van der Waals surface area (Å²) < 4.78 is 28.4. The number of fused-ring (bicyclic) bond motifs is 1. The second kappa shape index (κ2) is 11.6. The summed E-state index contributed by atoms with van der Waals surface area (Å²) in [4.78, 5) is 39.5. The second-order valence-electron chi connectivity index (χ2n) is 7.20. The van der Waals surface area contributed by atoms with Gasteiger partial charge in [0.2, 0.25) is 12.7 Å². The molecule has 0 fully saturated rings. The van der Waals surface area contributed by atoms with Crippen LogP contribution in [0.25, 0.3) is 16.2 Å². The van der Waals surface area contributed by atoms with E-state index in [1.165, 1.54) is 23.6 Å². The first-order chi connectivity index (χ1) is 16.2. The number of carbonyl (C=O) groups excluding carboxylic acids is 2. The lowest BCUT2D eigenvalue weighted by molar-refractivity contribution is -0.120. The molecule has 34 heavy (non-hydrogen) atoms. The normalized spacial score (nSPS) is 14.1. The third-order valence-electron chi connectivity index (χ3n) is 4.35. The number of pyridine rings is 1. The van der Waals surface area contributed by atoms with Gasteiger partial charge >= 0.3 is 13.8 Å². The summed E-state index contributed by atoms with van der Waals surface area (Å²) in [6.45, 7) is 2.35. The van der Waals surface area contributed by atoms with Crippen LogP contribution in [0.4, 0.5) is 4.79 Å². The van der Waals surface area contributed by atoms with E-state index in [1.54, 1.807) is 61.8 Å². The first kappa shape index (κ1) is 25.9. The molecule has 2 aromatic heterocycles. The number of aromatic nitrogens is 1. The fraction of sp³-hybridized carbons (Fsp3) is 0.227. The van der Waals surface area contributed by atoms with Gasteiger partial charge in [-0.3, -0.25) is 18.9 Å². The molecule has 0 spiro atoms. The van der Waals surface area contributed by atoms with Crippen LogP contribution >= 0.6 is 30.5 Å². The zero-order valence-electron chi connectivity index (χ0n) is 18.2. The molecule has 0 saturated carbocycles. The van der Waals surface area contributed by atoms with E-state index >= 15 is 0 Å². The minimum absolute atomic E-state index is 0.252. The molecule has 180 valence electrons. The topological polar surface area (TPSA) is 124 Å². The van der Waals surface area contributed by atoms with Crippen molar-refractivity contribution in [2.24, 2.45) is 0 Å². The Morgan fingerprint density at radius 1 is 1.29 bits per heavy atom. The zero-order chi connectivity index (χ0) is 24.7. The van der Waals surface area contributed by atoms with Gasteiger partial charge in [-0.1, -0.05) is 17.7 Å². The Balaban J connectivity index is 1.85. The molecule has 12 heteroatoms. The minimum Gasteiger partial charge on any atom is -0.432 e. The molecule has 0 saturated heterocycles. The standard InChI is InChI=1S/C22H22ClN2O7PS/c1-14(2)32-22(27)30-13-31-33(28,29)20(18-12-34-19-7-6-15(23)11-17(18)19)21(26)25-10-8-16-5-3-4-9-24-16/h3-12,14,20H,13H2,1-2H3,(H,25,26)(H,28,29)/b10-8+. The average molecular weight is 525 g/mol. The molecular weight excluding hydrogens is 503 g/mol. The lowest BCUT2D eigenvalue weighted by atomic mass is 10.1. The molecule has 0 aliphatic heterocycles. The van der Waals surface area contributed by atoms with Crippen molar-refractivity contribution in [2.75, 3.05) is 6.79 Å². The summed E-state index contributed by atoms with van der Waals surface area (Å²) in [5.41, 5.74) is -0.799. The van der Waals surface area contributed by atoms with E-state index < -0.39 is 38.2 Å². The molecule has 0 aliphatic rings. The molecule has 3 rings (SSSR count). The van der Waals surface area contributed by atoms with Crippen LogP contribution in [-0.4, -0.2) is 34.8 Å². The number of thiophene rings is 1. The van der Waals surface area contributed by atoms with E-state index in [0.717, 1.165) is 4.70 Å². The van der Waals surface area contributed by atoms with Crippen LogP contribution in [-0.2, 0) is 23.4 Å². The van der Waals surface area contributed by atoms with Crippen LogP contribution in [0.2, 0.25) is 5.02 Å². The first-order valence-corrected chi connectivity index (χ1v) is 12.9. The number of nitrogens with one attached hydrogen (secondary N) is 1. The molecule has 0 aliphatic carbocycles. The van der Waals surface area contributed by atoms with Gasteiger partial charge in [0, 0.05) is 22.1 Å². The minimum atomic E-state index is -4.70. The molecular formula is C22H22ClN2O7PS. The third kappa shape index (κ3) is 6.88.